The maximum atomic E-state index is 14.4. The number of methoxy groups -OCH3 is 1. The van der Waals surface area contributed by atoms with Crippen LogP contribution in [-0.4, -0.2) is 92.7 Å². The average molecular weight is 662 g/mol. The molecule has 2 amide bonds. The van der Waals surface area contributed by atoms with Gasteiger partial charge in [0, 0.05) is 45.0 Å². The Kier molecular flexibility index (Phi) is 8.62. The van der Waals surface area contributed by atoms with E-state index < -0.39 is 0 Å². The highest BCUT2D eigenvalue weighted by molar-refractivity contribution is 6.33. The predicted molar refractivity (Wildman–Crippen MR) is 178 cm³/mol. The fourth-order valence-corrected chi connectivity index (χ4v) is 6.57. The molecular formula is C32H36ClN9O5. The van der Waals surface area contributed by atoms with Crippen molar-refractivity contribution in [1.29, 1.82) is 0 Å². The number of aromatic nitrogens is 5. The number of amides is 2. The number of aryl methyl sites for hydroxylation is 1. The molecule has 0 bridgehead atoms. The average Bonchev–Trinajstić information content (AvgIpc) is 3.04. The molecule has 4 heterocycles. The van der Waals surface area contributed by atoms with Crippen LogP contribution in [0.2, 0.25) is 5.02 Å². The Morgan fingerprint density at radius 2 is 1.91 bits per heavy atom. The predicted octanol–water partition coefficient (Wildman–Crippen LogP) is 3.02. The Hall–Kier alpha value is -4.98. The second-order valence-electron chi connectivity index (χ2n) is 11.8. The first-order chi connectivity index (χ1) is 22.5. The lowest BCUT2D eigenvalue weighted by Gasteiger charge is -2.54. The number of aromatic hydroxyl groups is 1. The maximum Gasteiger partial charge on any atom is 0.276 e. The molecule has 47 heavy (non-hydrogen) atoms. The monoisotopic (exact) mass is 661 g/mol. The van der Waals surface area contributed by atoms with Crippen LogP contribution in [0.1, 0.15) is 41.6 Å². The van der Waals surface area contributed by atoms with Gasteiger partial charge in [0.25, 0.3) is 5.91 Å². The number of nitrogens with one attached hydrogen (secondary N) is 1. The maximum absolute atomic E-state index is 14.4. The first-order valence-corrected chi connectivity index (χ1v) is 15.7. The summed E-state index contributed by atoms with van der Waals surface area (Å²) in [6, 6.07) is 4.63. The van der Waals surface area contributed by atoms with Gasteiger partial charge in [-0.3, -0.25) is 14.4 Å². The van der Waals surface area contributed by atoms with Crippen LogP contribution in [0, 0.1) is 6.92 Å². The number of anilines is 3. The van der Waals surface area contributed by atoms with E-state index in [1.54, 1.807) is 45.7 Å². The second-order valence-corrected chi connectivity index (χ2v) is 12.2. The number of ether oxygens (including phenoxy) is 1. The van der Waals surface area contributed by atoms with Crippen molar-refractivity contribution in [2.75, 3.05) is 49.4 Å². The van der Waals surface area contributed by atoms with E-state index in [1.165, 1.54) is 13.4 Å². The highest BCUT2D eigenvalue weighted by Gasteiger charge is 2.47. The van der Waals surface area contributed by atoms with Crippen LogP contribution in [-0.2, 0) is 17.8 Å². The topological polar surface area (TPSA) is 159 Å². The zero-order valence-corrected chi connectivity index (χ0v) is 27.6. The summed E-state index contributed by atoms with van der Waals surface area (Å²) in [5.41, 5.74) is 1.96. The second kappa shape index (κ2) is 12.7. The summed E-state index contributed by atoms with van der Waals surface area (Å²) in [7, 11) is 5.16. The van der Waals surface area contributed by atoms with Crippen molar-refractivity contribution < 1.29 is 19.4 Å². The molecule has 1 aliphatic heterocycles. The molecule has 6 rings (SSSR count). The van der Waals surface area contributed by atoms with E-state index in [2.05, 4.69) is 30.2 Å². The Morgan fingerprint density at radius 3 is 2.57 bits per heavy atom. The smallest absolute Gasteiger partial charge is 0.276 e. The zero-order chi connectivity index (χ0) is 33.6. The highest BCUT2D eigenvalue weighted by atomic mass is 35.5. The first kappa shape index (κ1) is 32.0. The summed E-state index contributed by atoms with van der Waals surface area (Å²) < 4.78 is 6.97. The van der Waals surface area contributed by atoms with Crippen LogP contribution in [0.5, 0.6) is 11.5 Å². The summed E-state index contributed by atoms with van der Waals surface area (Å²) in [5.74, 6) is 0.0976. The molecule has 246 valence electrons. The number of carbonyl (C=O) groups is 2. The van der Waals surface area contributed by atoms with Gasteiger partial charge in [-0.05, 0) is 38.3 Å². The van der Waals surface area contributed by atoms with Crippen molar-refractivity contribution in [3.63, 3.8) is 0 Å². The fraction of sp³-hybridized carbons (Fsp3) is 0.406. The van der Waals surface area contributed by atoms with E-state index in [0.717, 1.165) is 12.8 Å². The molecule has 0 spiro atoms. The number of hydrogen-bond acceptors (Lipinski definition) is 11. The van der Waals surface area contributed by atoms with Gasteiger partial charge in [0.1, 0.15) is 30.1 Å². The Bertz CT molecular complexity index is 1950. The van der Waals surface area contributed by atoms with Crippen LogP contribution in [0.3, 0.4) is 0 Å². The van der Waals surface area contributed by atoms with Crippen molar-refractivity contribution in [2.24, 2.45) is 0 Å². The number of benzene rings is 1. The van der Waals surface area contributed by atoms with Gasteiger partial charge in [-0.2, -0.15) is 0 Å². The van der Waals surface area contributed by atoms with Gasteiger partial charge in [0.05, 0.1) is 35.8 Å². The molecule has 15 heteroatoms. The minimum atomic E-state index is -0.371. The molecular weight excluding hydrogens is 626 g/mol. The standard InChI is InChI=1S/C32H36ClN9O5/c1-6-21-28(40-11-12-41(23-10-9-22(23)40)32(46)27-29(44)17(2)35-16-36-27)30(45)26-31(34-14-24(38-26)39(3)4)42(21)15-25(43)37-20-8-7-18(47-5)13-19(20)33/h7-8,13-14,16,22-23,44H,6,9-12,15H2,1-5H3,(H,37,43)/t22-,23-/m0/s1. The largest absolute Gasteiger partial charge is 0.504 e. The quantitative estimate of drug-likeness (QED) is 0.286. The van der Waals surface area contributed by atoms with Crippen molar-refractivity contribution >= 4 is 51.8 Å². The van der Waals surface area contributed by atoms with E-state index in [-0.39, 0.29) is 52.8 Å². The van der Waals surface area contributed by atoms with E-state index in [4.69, 9.17) is 16.3 Å². The molecule has 3 aromatic heterocycles. The fourth-order valence-electron chi connectivity index (χ4n) is 6.35. The number of rotatable bonds is 8. The number of carbonyl (C=O) groups excluding carboxylic acids is 2. The SMILES string of the molecule is CCc1c(N2CCN(C(=O)c3ncnc(C)c3O)[C@H]3CC[C@@H]32)c(=O)c2nc(N(C)C)cnc2n1CC(=O)Nc1ccc(OC)cc1Cl. The van der Waals surface area contributed by atoms with Crippen LogP contribution < -0.4 is 25.3 Å². The van der Waals surface area contributed by atoms with Crippen LogP contribution >= 0.6 is 11.6 Å². The van der Waals surface area contributed by atoms with Gasteiger partial charge in [-0.1, -0.05) is 18.5 Å². The molecule has 1 saturated carbocycles. The van der Waals surface area contributed by atoms with Crippen molar-refractivity contribution in [3.8, 4) is 11.5 Å². The Balaban J connectivity index is 1.39. The van der Waals surface area contributed by atoms with Gasteiger partial charge in [0.15, 0.2) is 22.6 Å². The van der Waals surface area contributed by atoms with Crippen LogP contribution in [0.15, 0.2) is 35.5 Å². The molecule has 2 fully saturated rings. The van der Waals surface area contributed by atoms with Gasteiger partial charge in [-0.15, -0.1) is 0 Å². The number of halogens is 1. The molecule has 0 unspecified atom stereocenters. The summed E-state index contributed by atoms with van der Waals surface area (Å²) in [6.45, 7) is 4.07. The lowest BCUT2D eigenvalue weighted by Crippen LogP contribution is -2.67. The van der Waals surface area contributed by atoms with E-state index in [9.17, 15) is 19.5 Å². The van der Waals surface area contributed by atoms with E-state index >= 15 is 0 Å². The summed E-state index contributed by atoms with van der Waals surface area (Å²) in [4.78, 5) is 64.4. The lowest BCUT2D eigenvalue weighted by atomic mass is 9.81. The molecule has 2 atom stereocenters. The van der Waals surface area contributed by atoms with Gasteiger partial charge >= 0.3 is 0 Å². The number of piperazine rings is 1. The Morgan fingerprint density at radius 1 is 1.15 bits per heavy atom. The first-order valence-electron chi connectivity index (χ1n) is 15.3. The number of nitrogens with zero attached hydrogens (tertiary/aromatic N) is 8. The number of fused-ring (bicyclic) bond motifs is 2. The normalized spacial score (nSPS) is 17.2. The molecule has 1 aliphatic carbocycles. The minimum absolute atomic E-state index is 0.0339. The highest BCUT2D eigenvalue weighted by Crippen LogP contribution is 2.39. The van der Waals surface area contributed by atoms with Gasteiger partial charge < -0.3 is 34.4 Å². The number of pyridine rings is 1. The summed E-state index contributed by atoms with van der Waals surface area (Å²) in [6.07, 6.45) is 4.76. The van der Waals surface area contributed by atoms with E-state index in [0.29, 0.717) is 64.5 Å². The molecule has 14 nitrogen and oxygen atoms in total. The third kappa shape index (κ3) is 5.66. The third-order valence-electron chi connectivity index (χ3n) is 8.91. The summed E-state index contributed by atoms with van der Waals surface area (Å²) in [5, 5.41) is 13.7. The van der Waals surface area contributed by atoms with Gasteiger partial charge in [0.2, 0.25) is 11.3 Å². The third-order valence-corrected chi connectivity index (χ3v) is 9.22. The molecule has 2 aliphatic rings. The minimum Gasteiger partial charge on any atom is -0.504 e. The van der Waals surface area contributed by atoms with Crippen molar-refractivity contribution in [3.05, 3.63) is 63.1 Å². The van der Waals surface area contributed by atoms with Crippen LogP contribution in [0.4, 0.5) is 17.2 Å². The molecule has 2 N–H and O–H groups in total. The molecule has 0 radical (unpaired) electrons. The van der Waals surface area contributed by atoms with Crippen molar-refractivity contribution in [2.45, 2.75) is 51.7 Å². The molecule has 1 saturated heterocycles. The van der Waals surface area contributed by atoms with Gasteiger partial charge in [-0.25, -0.2) is 19.9 Å². The lowest BCUT2D eigenvalue weighted by molar-refractivity contribution is -0.116. The number of hydrogen-bond donors (Lipinski definition) is 2. The molecule has 1 aromatic carbocycles. The Labute approximate surface area is 276 Å². The van der Waals surface area contributed by atoms with E-state index in [1.807, 2.05) is 21.0 Å². The summed E-state index contributed by atoms with van der Waals surface area (Å²) >= 11 is 6.40. The molecule has 4 aromatic rings. The van der Waals surface area contributed by atoms with Crippen LogP contribution in [0.25, 0.3) is 11.2 Å². The van der Waals surface area contributed by atoms with Crippen molar-refractivity contribution in [1.82, 2.24) is 29.4 Å². The zero-order valence-electron chi connectivity index (χ0n) is 26.8.